The highest BCUT2D eigenvalue weighted by atomic mass is 16.5. The number of amides is 3. The van der Waals surface area contributed by atoms with E-state index in [1.807, 2.05) is 0 Å². The van der Waals surface area contributed by atoms with Gasteiger partial charge in [0.2, 0.25) is 5.91 Å². The van der Waals surface area contributed by atoms with Crippen LogP contribution in [-0.2, 0) is 14.3 Å². The molecule has 8 heteroatoms. The SMILES string of the molecule is CN(CC(=O)O)C(=O)N1CCOCC1C(=O)NC1CC1. The summed E-state index contributed by atoms with van der Waals surface area (Å²) in [6.45, 7) is 0.379. The molecule has 1 heterocycles. The molecule has 2 rings (SSSR count). The van der Waals surface area contributed by atoms with Crippen LogP contribution in [0.25, 0.3) is 0 Å². The van der Waals surface area contributed by atoms with Crippen LogP contribution in [0.1, 0.15) is 12.8 Å². The molecule has 2 aliphatic rings. The standard InChI is InChI=1S/C12H19N3O5/c1-14(6-10(16)17)12(19)15-4-5-20-7-9(15)11(18)13-8-2-3-8/h8-9H,2-7H2,1H3,(H,13,18)(H,16,17). The zero-order valence-corrected chi connectivity index (χ0v) is 11.4. The summed E-state index contributed by atoms with van der Waals surface area (Å²) >= 11 is 0. The Hall–Kier alpha value is -1.83. The van der Waals surface area contributed by atoms with Crippen LogP contribution in [0, 0.1) is 0 Å². The average Bonchev–Trinajstić information content (AvgIpc) is 3.21. The first-order chi connectivity index (χ1) is 9.49. The minimum atomic E-state index is -1.09. The number of hydrogen-bond acceptors (Lipinski definition) is 4. The summed E-state index contributed by atoms with van der Waals surface area (Å²) in [4.78, 5) is 37.4. The van der Waals surface area contributed by atoms with E-state index in [-0.39, 0.29) is 25.1 Å². The third-order valence-electron chi connectivity index (χ3n) is 3.30. The summed E-state index contributed by atoms with van der Waals surface area (Å²) < 4.78 is 5.26. The Morgan fingerprint density at radius 1 is 1.40 bits per heavy atom. The quantitative estimate of drug-likeness (QED) is 0.697. The van der Waals surface area contributed by atoms with Gasteiger partial charge in [0.05, 0.1) is 13.2 Å². The fourth-order valence-corrected chi connectivity index (χ4v) is 2.06. The van der Waals surface area contributed by atoms with Gasteiger partial charge in [-0.2, -0.15) is 0 Å². The van der Waals surface area contributed by atoms with Crippen molar-refractivity contribution in [2.24, 2.45) is 0 Å². The van der Waals surface area contributed by atoms with Gasteiger partial charge in [0, 0.05) is 19.6 Å². The number of rotatable bonds is 4. The summed E-state index contributed by atoms with van der Waals surface area (Å²) in [5.41, 5.74) is 0. The normalized spacial score (nSPS) is 22.2. The lowest BCUT2D eigenvalue weighted by atomic mass is 10.2. The van der Waals surface area contributed by atoms with Crippen LogP contribution in [0.5, 0.6) is 0 Å². The molecule has 1 unspecified atom stereocenters. The number of carboxylic acids is 1. The van der Waals surface area contributed by atoms with E-state index in [2.05, 4.69) is 5.32 Å². The van der Waals surface area contributed by atoms with Gasteiger partial charge in [-0.1, -0.05) is 0 Å². The van der Waals surface area contributed by atoms with Crippen molar-refractivity contribution in [1.82, 2.24) is 15.1 Å². The molecule has 1 aliphatic heterocycles. The molecule has 1 aliphatic carbocycles. The Bertz CT molecular complexity index is 410. The van der Waals surface area contributed by atoms with Gasteiger partial charge in [0.25, 0.3) is 0 Å². The highest BCUT2D eigenvalue weighted by Gasteiger charge is 2.36. The summed E-state index contributed by atoms with van der Waals surface area (Å²) in [5, 5.41) is 11.6. The van der Waals surface area contributed by atoms with Gasteiger partial charge in [0.1, 0.15) is 12.6 Å². The maximum absolute atomic E-state index is 12.2. The number of likely N-dealkylation sites (N-methyl/N-ethyl adjacent to an activating group) is 1. The van der Waals surface area contributed by atoms with Crippen LogP contribution in [-0.4, -0.2) is 78.2 Å². The molecule has 0 aromatic heterocycles. The Morgan fingerprint density at radius 3 is 2.70 bits per heavy atom. The van der Waals surface area contributed by atoms with Crippen LogP contribution in [0.3, 0.4) is 0 Å². The van der Waals surface area contributed by atoms with Crippen molar-refractivity contribution >= 4 is 17.9 Å². The second-order valence-electron chi connectivity index (χ2n) is 5.10. The Morgan fingerprint density at radius 2 is 2.10 bits per heavy atom. The predicted molar refractivity (Wildman–Crippen MR) is 68.1 cm³/mol. The third kappa shape index (κ3) is 3.60. The second kappa shape index (κ2) is 6.08. The highest BCUT2D eigenvalue weighted by molar-refractivity contribution is 5.88. The van der Waals surface area contributed by atoms with Crippen LogP contribution in [0.15, 0.2) is 0 Å². The van der Waals surface area contributed by atoms with Crippen molar-refractivity contribution in [2.45, 2.75) is 24.9 Å². The van der Waals surface area contributed by atoms with E-state index in [0.29, 0.717) is 6.61 Å². The predicted octanol–water partition coefficient (Wildman–Crippen LogP) is -0.898. The zero-order chi connectivity index (χ0) is 14.7. The fraction of sp³-hybridized carbons (Fsp3) is 0.750. The number of carbonyl (C=O) groups is 3. The van der Waals surface area contributed by atoms with Gasteiger partial charge in [-0.05, 0) is 12.8 Å². The van der Waals surface area contributed by atoms with Crippen molar-refractivity contribution < 1.29 is 24.2 Å². The summed E-state index contributed by atoms with van der Waals surface area (Å²) in [5.74, 6) is -1.32. The van der Waals surface area contributed by atoms with Crippen molar-refractivity contribution in [1.29, 1.82) is 0 Å². The van der Waals surface area contributed by atoms with Crippen LogP contribution >= 0.6 is 0 Å². The van der Waals surface area contributed by atoms with Crippen molar-refractivity contribution in [2.75, 3.05) is 33.4 Å². The number of carbonyl (C=O) groups excluding carboxylic acids is 2. The van der Waals surface area contributed by atoms with Gasteiger partial charge >= 0.3 is 12.0 Å². The van der Waals surface area contributed by atoms with Crippen molar-refractivity contribution in [3.8, 4) is 0 Å². The molecular formula is C12H19N3O5. The molecule has 0 aromatic rings. The van der Waals surface area contributed by atoms with Crippen LogP contribution in [0.4, 0.5) is 4.79 Å². The molecule has 2 N–H and O–H groups in total. The number of urea groups is 1. The lowest BCUT2D eigenvalue weighted by molar-refractivity contribution is -0.137. The van der Waals surface area contributed by atoms with E-state index < -0.39 is 24.6 Å². The molecule has 0 aromatic carbocycles. The van der Waals surface area contributed by atoms with Crippen molar-refractivity contribution in [3.63, 3.8) is 0 Å². The third-order valence-corrected chi connectivity index (χ3v) is 3.30. The molecule has 2 fully saturated rings. The molecule has 0 radical (unpaired) electrons. The van der Waals surface area contributed by atoms with Crippen molar-refractivity contribution in [3.05, 3.63) is 0 Å². The number of nitrogens with one attached hydrogen (secondary N) is 1. The van der Waals surface area contributed by atoms with E-state index in [1.165, 1.54) is 11.9 Å². The topological polar surface area (TPSA) is 99.2 Å². The van der Waals surface area contributed by atoms with E-state index in [9.17, 15) is 14.4 Å². The Labute approximate surface area is 116 Å². The Balaban J connectivity index is 1.99. The summed E-state index contributed by atoms with van der Waals surface area (Å²) in [7, 11) is 1.40. The van der Waals surface area contributed by atoms with Crippen LogP contribution in [0.2, 0.25) is 0 Å². The van der Waals surface area contributed by atoms with Gasteiger partial charge < -0.3 is 25.0 Å². The lowest BCUT2D eigenvalue weighted by Crippen LogP contribution is -2.59. The van der Waals surface area contributed by atoms with Gasteiger partial charge in [-0.25, -0.2) is 4.79 Å². The maximum Gasteiger partial charge on any atom is 0.323 e. The van der Waals surface area contributed by atoms with E-state index in [4.69, 9.17) is 9.84 Å². The first-order valence-corrected chi connectivity index (χ1v) is 6.60. The lowest BCUT2D eigenvalue weighted by Gasteiger charge is -2.36. The number of ether oxygens (including phenoxy) is 1. The monoisotopic (exact) mass is 285 g/mol. The molecule has 1 saturated heterocycles. The molecule has 0 bridgehead atoms. The largest absolute Gasteiger partial charge is 0.480 e. The number of hydrogen-bond donors (Lipinski definition) is 2. The number of nitrogens with zero attached hydrogens (tertiary/aromatic N) is 2. The summed E-state index contributed by atoms with van der Waals surface area (Å²) in [6.07, 6.45) is 1.93. The number of aliphatic carboxylic acids is 1. The fourth-order valence-electron chi connectivity index (χ4n) is 2.06. The van der Waals surface area contributed by atoms with Gasteiger partial charge in [-0.15, -0.1) is 0 Å². The number of carboxylic acid groups (broad SMARTS) is 1. The molecule has 112 valence electrons. The van der Waals surface area contributed by atoms with E-state index >= 15 is 0 Å². The first-order valence-electron chi connectivity index (χ1n) is 6.60. The molecule has 0 spiro atoms. The molecule has 1 saturated carbocycles. The maximum atomic E-state index is 12.2. The zero-order valence-electron chi connectivity index (χ0n) is 11.4. The molecule has 20 heavy (non-hydrogen) atoms. The van der Waals surface area contributed by atoms with Gasteiger partial charge in [0.15, 0.2) is 0 Å². The molecule has 1 atom stereocenters. The molecular weight excluding hydrogens is 266 g/mol. The minimum absolute atomic E-state index is 0.144. The smallest absolute Gasteiger partial charge is 0.323 e. The van der Waals surface area contributed by atoms with E-state index in [1.54, 1.807) is 0 Å². The number of morpholine rings is 1. The average molecular weight is 285 g/mol. The van der Waals surface area contributed by atoms with Crippen LogP contribution < -0.4 is 5.32 Å². The Kier molecular flexibility index (Phi) is 4.43. The highest BCUT2D eigenvalue weighted by Crippen LogP contribution is 2.20. The molecule has 3 amide bonds. The second-order valence-corrected chi connectivity index (χ2v) is 5.10. The first kappa shape index (κ1) is 14.6. The minimum Gasteiger partial charge on any atom is -0.480 e. The van der Waals surface area contributed by atoms with E-state index in [0.717, 1.165) is 17.7 Å². The molecule has 8 nitrogen and oxygen atoms in total. The summed E-state index contributed by atoms with van der Waals surface area (Å²) in [6, 6.07) is -0.946. The van der Waals surface area contributed by atoms with Gasteiger partial charge in [-0.3, -0.25) is 9.59 Å².